The molecule has 1 N–H and O–H groups in total. The van der Waals surface area contributed by atoms with E-state index in [-0.39, 0.29) is 17.4 Å². The highest BCUT2D eigenvalue weighted by Gasteiger charge is 2.18. The summed E-state index contributed by atoms with van der Waals surface area (Å²) in [7, 11) is 0. The number of aryl methyl sites for hydroxylation is 1. The highest BCUT2D eigenvalue weighted by Crippen LogP contribution is 2.27. The Bertz CT molecular complexity index is 1520. The summed E-state index contributed by atoms with van der Waals surface area (Å²) in [6.07, 6.45) is 3.47. The van der Waals surface area contributed by atoms with E-state index in [1.807, 2.05) is 67.6 Å². The van der Waals surface area contributed by atoms with Gasteiger partial charge in [-0.3, -0.25) is 14.2 Å². The first-order chi connectivity index (χ1) is 18.1. The van der Waals surface area contributed by atoms with Gasteiger partial charge in [-0.15, -0.1) is 0 Å². The Balaban J connectivity index is 1.24. The van der Waals surface area contributed by atoms with Crippen LogP contribution in [-0.4, -0.2) is 31.8 Å². The van der Waals surface area contributed by atoms with Crippen LogP contribution in [0, 0.1) is 6.92 Å². The number of hydrogen-bond acceptors (Lipinski definition) is 4. The van der Waals surface area contributed by atoms with Gasteiger partial charge in [-0.05, 0) is 29.2 Å². The zero-order chi connectivity index (χ0) is 25.6. The average molecular weight is 492 g/mol. The molecule has 1 amide bonds. The summed E-state index contributed by atoms with van der Waals surface area (Å²) in [4.78, 5) is 30.4. The molecule has 0 radical (unpaired) electrons. The number of rotatable bonds is 9. The Morgan fingerprint density at radius 2 is 1.57 bits per heavy atom. The van der Waals surface area contributed by atoms with E-state index >= 15 is 0 Å². The SMILES string of the molecule is Cc1ccccc1Cn1cnc2c(cnn2CCNC(=O)CC(c2ccccc2)c2ccccc2)c1=O. The second-order valence-electron chi connectivity index (χ2n) is 9.14. The Kier molecular flexibility index (Phi) is 7.21. The molecule has 3 aromatic carbocycles. The molecule has 0 bridgehead atoms. The molecule has 0 atom stereocenters. The number of carbonyl (C=O) groups excluding carboxylic acids is 1. The number of nitrogens with zero attached hydrogens (tertiary/aromatic N) is 4. The Hall–Kier alpha value is -4.52. The summed E-state index contributed by atoms with van der Waals surface area (Å²) in [6.45, 7) is 3.30. The number of nitrogens with one attached hydrogen (secondary N) is 1. The summed E-state index contributed by atoms with van der Waals surface area (Å²) in [5.74, 6) is -0.0657. The quantitative estimate of drug-likeness (QED) is 0.334. The summed E-state index contributed by atoms with van der Waals surface area (Å²) in [5, 5.41) is 7.84. The smallest absolute Gasteiger partial charge is 0.264 e. The maximum Gasteiger partial charge on any atom is 0.264 e. The van der Waals surface area contributed by atoms with Crippen LogP contribution in [0.1, 0.15) is 34.6 Å². The minimum absolute atomic E-state index is 0.0266. The van der Waals surface area contributed by atoms with Crippen LogP contribution in [0.4, 0.5) is 0 Å². The van der Waals surface area contributed by atoms with E-state index < -0.39 is 0 Å². The Morgan fingerprint density at radius 1 is 0.919 bits per heavy atom. The molecule has 0 spiro atoms. The van der Waals surface area contributed by atoms with Gasteiger partial charge in [-0.25, -0.2) is 9.67 Å². The van der Waals surface area contributed by atoms with Crippen molar-refractivity contribution < 1.29 is 4.79 Å². The minimum atomic E-state index is -0.128. The molecule has 2 heterocycles. The first-order valence-electron chi connectivity index (χ1n) is 12.4. The van der Waals surface area contributed by atoms with Crippen molar-refractivity contribution in [2.75, 3.05) is 6.54 Å². The monoisotopic (exact) mass is 491 g/mol. The van der Waals surface area contributed by atoms with Crippen molar-refractivity contribution in [3.8, 4) is 0 Å². The largest absolute Gasteiger partial charge is 0.354 e. The molecule has 0 unspecified atom stereocenters. The van der Waals surface area contributed by atoms with E-state index in [4.69, 9.17) is 0 Å². The highest BCUT2D eigenvalue weighted by molar-refractivity contribution is 5.77. The molecule has 0 saturated heterocycles. The van der Waals surface area contributed by atoms with Crippen LogP contribution < -0.4 is 10.9 Å². The summed E-state index contributed by atoms with van der Waals surface area (Å²) < 4.78 is 3.27. The van der Waals surface area contributed by atoms with E-state index in [2.05, 4.69) is 39.7 Å². The van der Waals surface area contributed by atoms with Gasteiger partial charge in [0, 0.05) is 18.9 Å². The standard InChI is InChI=1S/C30H29N5O2/c1-22-10-8-9-15-25(22)20-34-21-32-29-27(30(34)37)19-33-35(29)17-16-31-28(36)18-26(23-11-4-2-5-12-23)24-13-6-3-7-14-24/h2-15,19,21,26H,16-18,20H2,1H3,(H,31,36). The second-order valence-corrected chi connectivity index (χ2v) is 9.14. The van der Waals surface area contributed by atoms with E-state index in [0.717, 1.165) is 22.3 Å². The molecule has 0 fully saturated rings. The molecule has 186 valence electrons. The third-order valence-electron chi connectivity index (χ3n) is 6.66. The van der Waals surface area contributed by atoms with Crippen molar-refractivity contribution in [1.29, 1.82) is 0 Å². The number of carbonyl (C=O) groups is 1. The molecule has 0 aliphatic heterocycles. The van der Waals surface area contributed by atoms with Crippen LogP contribution in [0.2, 0.25) is 0 Å². The lowest BCUT2D eigenvalue weighted by molar-refractivity contribution is -0.121. The lowest BCUT2D eigenvalue weighted by Gasteiger charge is -2.18. The summed E-state index contributed by atoms with van der Waals surface area (Å²) in [6, 6.07) is 28.1. The summed E-state index contributed by atoms with van der Waals surface area (Å²) >= 11 is 0. The van der Waals surface area contributed by atoms with Crippen LogP contribution in [0.3, 0.4) is 0 Å². The normalized spacial score (nSPS) is 11.2. The number of benzene rings is 3. The van der Waals surface area contributed by atoms with Crippen molar-refractivity contribution in [3.05, 3.63) is 130 Å². The van der Waals surface area contributed by atoms with Gasteiger partial charge < -0.3 is 5.32 Å². The van der Waals surface area contributed by atoms with Crippen molar-refractivity contribution in [2.45, 2.75) is 32.4 Å². The molecular weight excluding hydrogens is 462 g/mol. The predicted octanol–water partition coefficient (Wildman–Crippen LogP) is 4.29. The van der Waals surface area contributed by atoms with Crippen LogP contribution in [0.25, 0.3) is 11.0 Å². The maximum atomic E-state index is 13.0. The van der Waals surface area contributed by atoms with Crippen molar-refractivity contribution >= 4 is 16.9 Å². The number of amides is 1. The molecule has 0 aliphatic rings. The van der Waals surface area contributed by atoms with Crippen molar-refractivity contribution in [2.24, 2.45) is 0 Å². The molecule has 7 heteroatoms. The fourth-order valence-corrected chi connectivity index (χ4v) is 4.60. The van der Waals surface area contributed by atoms with Gasteiger partial charge in [-0.2, -0.15) is 5.10 Å². The van der Waals surface area contributed by atoms with Gasteiger partial charge in [-0.1, -0.05) is 84.9 Å². The predicted molar refractivity (Wildman–Crippen MR) is 144 cm³/mol. The first kappa shape index (κ1) is 24.2. The molecule has 5 rings (SSSR count). The lowest BCUT2D eigenvalue weighted by Crippen LogP contribution is -2.29. The zero-order valence-electron chi connectivity index (χ0n) is 20.7. The van der Waals surface area contributed by atoms with Crippen molar-refractivity contribution in [3.63, 3.8) is 0 Å². The lowest BCUT2D eigenvalue weighted by atomic mass is 9.88. The van der Waals surface area contributed by atoms with Gasteiger partial charge >= 0.3 is 0 Å². The average Bonchev–Trinajstić information content (AvgIpc) is 3.35. The van der Waals surface area contributed by atoms with E-state index in [9.17, 15) is 9.59 Å². The third-order valence-corrected chi connectivity index (χ3v) is 6.66. The topological polar surface area (TPSA) is 81.8 Å². The fraction of sp³-hybridized carbons (Fsp3) is 0.200. The van der Waals surface area contributed by atoms with Gasteiger partial charge in [0.25, 0.3) is 5.56 Å². The zero-order valence-corrected chi connectivity index (χ0v) is 20.7. The molecular formula is C30H29N5O2. The molecule has 0 aliphatic carbocycles. The van der Waals surface area contributed by atoms with Gasteiger partial charge in [0.05, 0.1) is 19.3 Å². The first-order valence-corrected chi connectivity index (χ1v) is 12.4. The van der Waals surface area contributed by atoms with Gasteiger partial charge in [0.2, 0.25) is 5.91 Å². The number of aromatic nitrogens is 4. The molecule has 0 saturated carbocycles. The van der Waals surface area contributed by atoms with Gasteiger partial charge in [0.1, 0.15) is 11.7 Å². The molecule has 5 aromatic rings. The number of fused-ring (bicyclic) bond motifs is 1. The Morgan fingerprint density at radius 3 is 2.24 bits per heavy atom. The van der Waals surface area contributed by atoms with Crippen LogP contribution in [0.5, 0.6) is 0 Å². The summed E-state index contributed by atoms with van der Waals surface area (Å²) in [5.41, 5.74) is 4.80. The fourth-order valence-electron chi connectivity index (χ4n) is 4.60. The van der Waals surface area contributed by atoms with Crippen LogP contribution in [-0.2, 0) is 17.9 Å². The number of hydrogen-bond donors (Lipinski definition) is 1. The molecule has 7 nitrogen and oxygen atoms in total. The van der Waals surface area contributed by atoms with E-state index in [1.165, 1.54) is 0 Å². The van der Waals surface area contributed by atoms with Gasteiger partial charge in [0.15, 0.2) is 5.65 Å². The maximum absolute atomic E-state index is 13.0. The minimum Gasteiger partial charge on any atom is -0.354 e. The van der Waals surface area contributed by atoms with Crippen LogP contribution in [0.15, 0.2) is 102 Å². The van der Waals surface area contributed by atoms with Crippen LogP contribution >= 0.6 is 0 Å². The third kappa shape index (κ3) is 5.51. The van der Waals surface area contributed by atoms with E-state index in [0.29, 0.717) is 37.1 Å². The second kappa shape index (κ2) is 11.0. The van der Waals surface area contributed by atoms with Crippen molar-refractivity contribution in [1.82, 2.24) is 24.6 Å². The highest BCUT2D eigenvalue weighted by atomic mass is 16.1. The Labute approximate surface area is 215 Å². The molecule has 37 heavy (non-hydrogen) atoms. The van der Waals surface area contributed by atoms with E-state index in [1.54, 1.807) is 21.8 Å². The molecule has 2 aromatic heterocycles.